The van der Waals surface area contributed by atoms with Crippen molar-refractivity contribution in [2.24, 2.45) is 9.63 Å². The molecule has 5 heavy (non-hydrogen) atoms. The van der Waals surface area contributed by atoms with Crippen LogP contribution in [0.4, 0.5) is 0 Å². The SMILES string of the molecule is [CH]1CN=NS1. The summed E-state index contributed by atoms with van der Waals surface area (Å²) in [6.45, 7) is 0.796. The summed E-state index contributed by atoms with van der Waals surface area (Å²) in [6.07, 6.45) is 0. The Morgan fingerprint density at radius 2 is 2.80 bits per heavy atom. The zero-order valence-electron chi connectivity index (χ0n) is 2.59. The summed E-state index contributed by atoms with van der Waals surface area (Å²) in [6, 6.07) is 0. The van der Waals surface area contributed by atoms with Crippen LogP contribution in [0.2, 0.25) is 0 Å². The Morgan fingerprint density at radius 1 is 1.80 bits per heavy atom. The van der Waals surface area contributed by atoms with Crippen LogP contribution in [0.25, 0.3) is 0 Å². The number of rotatable bonds is 0. The Hall–Kier alpha value is -0.0500. The largest absolute Gasteiger partial charge is 0.181 e. The zero-order chi connectivity index (χ0) is 3.54. The lowest BCUT2D eigenvalue weighted by atomic mass is 10.8. The molecule has 0 saturated carbocycles. The first-order valence-corrected chi connectivity index (χ1v) is 2.18. The molecule has 0 fully saturated rings. The van der Waals surface area contributed by atoms with Crippen molar-refractivity contribution >= 4 is 11.9 Å². The topological polar surface area (TPSA) is 24.7 Å². The maximum absolute atomic E-state index is 3.62. The van der Waals surface area contributed by atoms with Gasteiger partial charge in [0.25, 0.3) is 0 Å². The molecule has 0 aromatic carbocycles. The highest BCUT2D eigenvalue weighted by Gasteiger charge is 1.89. The second-order valence-electron chi connectivity index (χ2n) is 0.678. The summed E-state index contributed by atoms with van der Waals surface area (Å²) in [5.74, 6) is 1.94. The fraction of sp³-hybridized carbons (Fsp3) is 0.500. The summed E-state index contributed by atoms with van der Waals surface area (Å²) in [4.78, 5) is 0. The molecular weight excluding hydrogens is 84.1 g/mol. The molecule has 3 heteroatoms. The highest BCUT2D eigenvalue weighted by molar-refractivity contribution is 8.00. The fourth-order valence-corrected chi connectivity index (χ4v) is 0.500. The van der Waals surface area contributed by atoms with Crippen molar-refractivity contribution in [2.75, 3.05) is 6.54 Å². The quantitative estimate of drug-likeness (QED) is 0.408. The van der Waals surface area contributed by atoms with Gasteiger partial charge in [0.15, 0.2) is 0 Å². The number of hydrogen-bond acceptors (Lipinski definition) is 3. The lowest BCUT2D eigenvalue weighted by Crippen LogP contribution is -1.59. The molecule has 1 heterocycles. The summed E-state index contributed by atoms with van der Waals surface area (Å²) < 4.78 is 3.57. The van der Waals surface area contributed by atoms with Crippen LogP contribution in [0, 0.1) is 5.75 Å². The third-order valence-corrected chi connectivity index (χ3v) is 0.843. The first kappa shape index (κ1) is 3.15. The van der Waals surface area contributed by atoms with Gasteiger partial charge in [0.05, 0.1) is 12.3 Å². The van der Waals surface area contributed by atoms with E-state index in [-0.39, 0.29) is 0 Å². The molecule has 0 aliphatic carbocycles. The Morgan fingerprint density at radius 3 is 3.00 bits per heavy atom. The molecule has 0 bridgehead atoms. The van der Waals surface area contributed by atoms with Gasteiger partial charge in [-0.15, -0.1) is 4.52 Å². The van der Waals surface area contributed by atoms with Crippen molar-refractivity contribution in [1.82, 2.24) is 0 Å². The zero-order valence-corrected chi connectivity index (χ0v) is 3.40. The Bertz CT molecular complexity index is 45.6. The average Bonchev–Trinajstić information content (AvgIpc) is 1.76. The van der Waals surface area contributed by atoms with Crippen LogP contribution < -0.4 is 0 Å². The third-order valence-electron chi connectivity index (χ3n) is 0.336. The van der Waals surface area contributed by atoms with Gasteiger partial charge in [0, 0.05) is 11.9 Å². The van der Waals surface area contributed by atoms with E-state index in [0.717, 1.165) is 6.54 Å². The van der Waals surface area contributed by atoms with Gasteiger partial charge in [0.1, 0.15) is 0 Å². The second kappa shape index (κ2) is 1.40. The standard InChI is InChI=1S/C2H3N2S/c1-2-5-4-3-1/h2H,1H2. The van der Waals surface area contributed by atoms with Gasteiger partial charge in [-0.25, -0.2) is 0 Å². The van der Waals surface area contributed by atoms with Gasteiger partial charge in [-0.3, -0.25) is 0 Å². The molecule has 0 saturated heterocycles. The Balaban J connectivity index is 2.32. The maximum atomic E-state index is 3.62. The van der Waals surface area contributed by atoms with E-state index < -0.39 is 0 Å². The number of nitrogens with zero attached hydrogens (tertiary/aromatic N) is 2. The average molecular weight is 87.1 g/mol. The smallest absolute Gasteiger partial charge is 0.0759 e. The molecule has 0 amide bonds. The summed E-state index contributed by atoms with van der Waals surface area (Å²) >= 11 is 1.41. The second-order valence-corrected chi connectivity index (χ2v) is 1.39. The first-order valence-electron chi connectivity index (χ1n) is 1.34. The van der Waals surface area contributed by atoms with Gasteiger partial charge in [-0.05, 0) is 0 Å². The fourth-order valence-electron chi connectivity index (χ4n) is 0.167. The molecule has 1 rings (SSSR count). The van der Waals surface area contributed by atoms with Gasteiger partial charge in [0.2, 0.25) is 0 Å². The highest BCUT2D eigenvalue weighted by Crippen LogP contribution is 2.13. The lowest BCUT2D eigenvalue weighted by Gasteiger charge is -1.61. The van der Waals surface area contributed by atoms with Crippen molar-refractivity contribution in [2.45, 2.75) is 0 Å². The van der Waals surface area contributed by atoms with Crippen molar-refractivity contribution in [3.05, 3.63) is 5.75 Å². The van der Waals surface area contributed by atoms with Crippen LogP contribution in [0.3, 0.4) is 0 Å². The Labute approximate surface area is 34.8 Å². The summed E-state index contributed by atoms with van der Waals surface area (Å²) in [5, 5.41) is 3.62. The minimum absolute atomic E-state index is 0.796. The normalized spacial score (nSPS) is 20.8. The molecule has 2 nitrogen and oxygen atoms in total. The summed E-state index contributed by atoms with van der Waals surface area (Å²) in [5.41, 5.74) is 0. The lowest BCUT2D eigenvalue weighted by molar-refractivity contribution is 1.15. The predicted octanol–water partition coefficient (Wildman–Crippen LogP) is 1.26. The van der Waals surface area contributed by atoms with Gasteiger partial charge >= 0.3 is 0 Å². The van der Waals surface area contributed by atoms with Crippen LogP contribution in [-0.2, 0) is 0 Å². The van der Waals surface area contributed by atoms with E-state index >= 15 is 0 Å². The molecule has 0 spiro atoms. The van der Waals surface area contributed by atoms with Crippen LogP contribution in [0.5, 0.6) is 0 Å². The summed E-state index contributed by atoms with van der Waals surface area (Å²) in [7, 11) is 0. The molecule has 0 N–H and O–H groups in total. The van der Waals surface area contributed by atoms with Crippen LogP contribution in [0.15, 0.2) is 9.63 Å². The van der Waals surface area contributed by atoms with Crippen molar-refractivity contribution < 1.29 is 0 Å². The monoisotopic (exact) mass is 87.0 g/mol. The molecule has 0 unspecified atom stereocenters. The minimum Gasteiger partial charge on any atom is -0.181 e. The van der Waals surface area contributed by atoms with Crippen molar-refractivity contribution in [3.8, 4) is 0 Å². The van der Waals surface area contributed by atoms with E-state index in [0.29, 0.717) is 0 Å². The van der Waals surface area contributed by atoms with Crippen LogP contribution in [0.1, 0.15) is 0 Å². The van der Waals surface area contributed by atoms with Gasteiger partial charge in [-0.1, -0.05) is 0 Å². The van der Waals surface area contributed by atoms with E-state index in [1.54, 1.807) is 0 Å². The molecule has 0 aromatic rings. The maximum Gasteiger partial charge on any atom is 0.0759 e. The van der Waals surface area contributed by atoms with E-state index in [4.69, 9.17) is 0 Å². The molecular formula is C2H3N2S. The van der Waals surface area contributed by atoms with E-state index in [1.165, 1.54) is 11.9 Å². The highest BCUT2D eigenvalue weighted by atomic mass is 32.2. The Kier molecular flexibility index (Phi) is 0.884. The molecule has 0 atom stereocenters. The molecule has 0 aromatic heterocycles. The van der Waals surface area contributed by atoms with E-state index in [9.17, 15) is 0 Å². The third kappa shape index (κ3) is 0.613. The van der Waals surface area contributed by atoms with Gasteiger partial charge in [-0.2, -0.15) is 5.11 Å². The first-order chi connectivity index (χ1) is 2.50. The molecule has 1 radical (unpaired) electrons. The number of hydrogen-bond donors (Lipinski definition) is 0. The van der Waals surface area contributed by atoms with E-state index in [1.807, 2.05) is 5.75 Å². The van der Waals surface area contributed by atoms with Crippen molar-refractivity contribution in [1.29, 1.82) is 0 Å². The minimum atomic E-state index is 0.796. The van der Waals surface area contributed by atoms with Crippen molar-refractivity contribution in [3.63, 3.8) is 0 Å². The van der Waals surface area contributed by atoms with Crippen LogP contribution in [-0.4, -0.2) is 6.54 Å². The van der Waals surface area contributed by atoms with E-state index in [2.05, 4.69) is 9.63 Å². The van der Waals surface area contributed by atoms with Gasteiger partial charge < -0.3 is 0 Å². The molecule has 27 valence electrons. The molecule has 1 aliphatic heterocycles. The van der Waals surface area contributed by atoms with Crippen LogP contribution >= 0.6 is 11.9 Å². The predicted molar refractivity (Wildman–Crippen MR) is 21.6 cm³/mol. The molecule has 1 aliphatic rings.